The molecule has 0 atom stereocenters. The average molecular weight is 465 g/mol. The highest BCUT2D eigenvalue weighted by Gasteiger charge is 2.44. The van der Waals surface area contributed by atoms with Crippen LogP contribution in [0, 0.1) is 20.2 Å². The van der Waals surface area contributed by atoms with Crippen molar-refractivity contribution in [3.63, 3.8) is 0 Å². The average Bonchev–Trinajstić information content (AvgIpc) is 2.53. The normalized spacial score (nSPS) is 12.0. The largest absolute Gasteiger partial charge is 0.423 e. The van der Waals surface area contributed by atoms with Crippen LogP contribution in [0.2, 0.25) is 10.0 Å². The lowest BCUT2D eigenvalue weighted by Crippen LogP contribution is -2.13. The summed E-state index contributed by atoms with van der Waals surface area (Å²) in [5.74, 6) is -0.804. The highest BCUT2D eigenvalue weighted by Crippen LogP contribution is 2.49. The Balaban J connectivity index is 2.79. The van der Waals surface area contributed by atoms with E-state index < -0.39 is 66.3 Å². The molecule has 0 saturated carbocycles. The van der Waals surface area contributed by atoms with Gasteiger partial charge in [0.2, 0.25) is 0 Å². The Morgan fingerprint density at radius 2 is 1.45 bits per heavy atom. The lowest BCUT2D eigenvalue weighted by molar-refractivity contribution is -0.394. The standard InChI is InChI=1S/C13H4Cl2F6N4O4/c14-6-2-5(13(19,20)21)9(24(26)27)8(10(6)25(28)29)23-11-7(15)1-4(3-22-11)12(16,17)18/h1-3H,(H,22,23). The third-order valence-electron chi connectivity index (χ3n) is 3.31. The Kier molecular flexibility index (Phi) is 5.81. The minimum absolute atomic E-state index is 0.00914. The van der Waals surface area contributed by atoms with Crippen molar-refractivity contribution in [2.75, 3.05) is 5.32 Å². The molecule has 0 aliphatic heterocycles. The van der Waals surface area contributed by atoms with Crippen LogP contribution in [0.4, 0.5) is 49.2 Å². The Morgan fingerprint density at radius 3 is 1.86 bits per heavy atom. The summed E-state index contributed by atoms with van der Waals surface area (Å²) in [6.07, 6.45) is -9.98. The van der Waals surface area contributed by atoms with Crippen LogP contribution in [0.1, 0.15) is 11.1 Å². The molecular formula is C13H4Cl2F6N4O4. The Hall–Kier alpha value is -2.87. The molecule has 1 aromatic heterocycles. The molecule has 16 heteroatoms. The summed E-state index contributed by atoms with van der Waals surface area (Å²) < 4.78 is 77.5. The zero-order chi connectivity index (χ0) is 22.3. The summed E-state index contributed by atoms with van der Waals surface area (Å²) >= 11 is 11.1. The zero-order valence-corrected chi connectivity index (χ0v) is 14.7. The molecule has 0 spiro atoms. The zero-order valence-electron chi connectivity index (χ0n) is 13.2. The smallest absolute Gasteiger partial charge is 0.328 e. The first kappa shape index (κ1) is 22.4. The van der Waals surface area contributed by atoms with Gasteiger partial charge in [-0.1, -0.05) is 23.2 Å². The number of pyridine rings is 1. The number of hydrogen-bond donors (Lipinski definition) is 1. The van der Waals surface area contributed by atoms with E-state index in [9.17, 15) is 46.6 Å². The van der Waals surface area contributed by atoms with E-state index in [1.165, 1.54) is 0 Å². The molecule has 0 unspecified atom stereocenters. The maximum atomic E-state index is 13.2. The highest BCUT2D eigenvalue weighted by atomic mass is 35.5. The maximum absolute atomic E-state index is 13.2. The number of nitrogens with one attached hydrogen (secondary N) is 1. The summed E-state index contributed by atoms with van der Waals surface area (Å²) in [5.41, 5.74) is -7.73. The van der Waals surface area contributed by atoms with Crippen molar-refractivity contribution in [2.24, 2.45) is 0 Å². The van der Waals surface area contributed by atoms with Crippen molar-refractivity contribution >= 4 is 46.1 Å². The van der Waals surface area contributed by atoms with Crippen LogP contribution in [-0.4, -0.2) is 14.8 Å². The molecule has 2 rings (SSSR count). The second-order valence-electron chi connectivity index (χ2n) is 5.17. The number of halogens is 8. The van der Waals surface area contributed by atoms with Gasteiger partial charge in [-0.25, -0.2) is 4.98 Å². The second-order valence-corrected chi connectivity index (χ2v) is 5.98. The predicted octanol–water partition coefficient (Wildman–Crippen LogP) is 5.99. The van der Waals surface area contributed by atoms with Gasteiger partial charge in [0, 0.05) is 6.20 Å². The molecule has 0 fully saturated rings. The van der Waals surface area contributed by atoms with Gasteiger partial charge < -0.3 is 5.32 Å². The molecule has 156 valence electrons. The quantitative estimate of drug-likeness (QED) is 0.338. The number of nitrogens with zero attached hydrogens (tertiary/aromatic N) is 3. The van der Waals surface area contributed by atoms with Crippen LogP contribution in [0.25, 0.3) is 0 Å². The summed E-state index contributed by atoms with van der Waals surface area (Å²) in [4.78, 5) is 22.8. The minimum atomic E-state index is -5.34. The van der Waals surface area contributed by atoms with E-state index in [1.54, 1.807) is 0 Å². The van der Waals surface area contributed by atoms with E-state index in [1.807, 2.05) is 5.32 Å². The first-order valence-electron chi connectivity index (χ1n) is 6.86. The molecule has 0 saturated heterocycles. The first-order chi connectivity index (χ1) is 13.1. The number of rotatable bonds is 4. The highest BCUT2D eigenvalue weighted by molar-refractivity contribution is 6.34. The van der Waals surface area contributed by atoms with Crippen LogP contribution >= 0.6 is 23.2 Å². The first-order valence-corrected chi connectivity index (χ1v) is 7.62. The van der Waals surface area contributed by atoms with Crippen molar-refractivity contribution in [1.29, 1.82) is 0 Å². The van der Waals surface area contributed by atoms with Crippen molar-refractivity contribution in [3.05, 3.63) is 59.7 Å². The van der Waals surface area contributed by atoms with Crippen molar-refractivity contribution in [3.8, 4) is 0 Å². The lowest BCUT2D eigenvalue weighted by Gasteiger charge is -2.14. The maximum Gasteiger partial charge on any atom is 0.423 e. The fourth-order valence-electron chi connectivity index (χ4n) is 2.14. The van der Waals surface area contributed by atoms with Gasteiger partial charge in [0.15, 0.2) is 5.69 Å². The van der Waals surface area contributed by atoms with Crippen molar-refractivity contribution < 1.29 is 36.2 Å². The van der Waals surface area contributed by atoms with Crippen LogP contribution < -0.4 is 5.32 Å². The lowest BCUT2D eigenvalue weighted by atomic mass is 10.1. The molecule has 0 amide bonds. The van der Waals surface area contributed by atoms with Gasteiger partial charge in [-0.2, -0.15) is 26.3 Å². The molecule has 0 radical (unpaired) electrons. The monoisotopic (exact) mass is 464 g/mol. The number of hydrogen-bond acceptors (Lipinski definition) is 6. The van der Waals surface area contributed by atoms with Crippen molar-refractivity contribution in [2.45, 2.75) is 12.4 Å². The molecule has 0 aliphatic carbocycles. The van der Waals surface area contributed by atoms with E-state index in [2.05, 4.69) is 4.98 Å². The van der Waals surface area contributed by atoms with Gasteiger partial charge in [0.05, 0.1) is 20.4 Å². The summed E-state index contributed by atoms with van der Waals surface area (Å²) in [6, 6.07) is 0.314. The fraction of sp³-hybridized carbons (Fsp3) is 0.154. The number of nitro groups is 2. The molecule has 1 N–H and O–H groups in total. The molecular weight excluding hydrogens is 461 g/mol. The molecule has 1 heterocycles. The SMILES string of the molecule is O=[N+]([O-])c1c(Cl)cc(C(F)(F)F)c([N+](=O)[O-])c1Nc1ncc(C(F)(F)F)cc1Cl. The summed E-state index contributed by atoms with van der Waals surface area (Å²) in [7, 11) is 0. The van der Waals surface area contributed by atoms with E-state index in [4.69, 9.17) is 23.2 Å². The predicted molar refractivity (Wildman–Crippen MR) is 87.3 cm³/mol. The second kappa shape index (κ2) is 7.51. The van der Waals surface area contributed by atoms with Crippen LogP contribution in [0.5, 0.6) is 0 Å². The molecule has 29 heavy (non-hydrogen) atoms. The van der Waals surface area contributed by atoms with Crippen LogP contribution in [0.15, 0.2) is 18.3 Å². The third kappa shape index (κ3) is 4.59. The van der Waals surface area contributed by atoms with Gasteiger partial charge in [0.1, 0.15) is 16.4 Å². The van der Waals surface area contributed by atoms with Crippen LogP contribution in [0.3, 0.4) is 0 Å². The van der Waals surface area contributed by atoms with E-state index in [-0.39, 0.29) is 12.3 Å². The molecule has 1 aromatic carbocycles. The Bertz CT molecular complexity index is 1010. The van der Waals surface area contributed by atoms with Gasteiger partial charge in [-0.15, -0.1) is 0 Å². The van der Waals surface area contributed by atoms with Gasteiger partial charge in [-0.05, 0) is 12.1 Å². The molecule has 0 aliphatic rings. The number of benzene rings is 1. The van der Waals surface area contributed by atoms with Gasteiger partial charge in [0.25, 0.3) is 0 Å². The van der Waals surface area contributed by atoms with E-state index in [0.29, 0.717) is 6.07 Å². The number of aromatic nitrogens is 1. The fourth-order valence-corrected chi connectivity index (χ4v) is 2.62. The molecule has 8 nitrogen and oxygen atoms in total. The molecule has 0 bridgehead atoms. The van der Waals surface area contributed by atoms with E-state index in [0.717, 1.165) is 0 Å². The topological polar surface area (TPSA) is 111 Å². The molecule has 2 aromatic rings. The Morgan fingerprint density at radius 1 is 0.897 bits per heavy atom. The number of anilines is 2. The minimum Gasteiger partial charge on any atom is -0.328 e. The Labute approximate surface area is 165 Å². The van der Waals surface area contributed by atoms with E-state index >= 15 is 0 Å². The van der Waals surface area contributed by atoms with Crippen LogP contribution in [-0.2, 0) is 12.4 Å². The summed E-state index contributed by atoms with van der Waals surface area (Å²) in [5, 5.41) is 22.3. The number of nitro benzene ring substituents is 2. The number of alkyl halides is 6. The van der Waals surface area contributed by atoms with Gasteiger partial charge >= 0.3 is 23.7 Å². The van der Waals surface area contributed by atoms with Crippen molar-refractivity contribution in [1.82, 2.24) is 4.98 Å². The third-order valence-corrected chi connectivity index (χ3v) is 3.88. The van der Waals surface area contributed by atoms with Gasteiger partial charge in [-0.3, -0.25) is 20.2 Å². The summed E-state index contributed by atoms with van der Waals surface area (Å²) in [6.45, 7) is 0.